The van der Waals surface area contributed by atoms with Crippen LogP contribution in [0.2, 0.25) is 0 Å². The van der Waals surface area contributed by atoms with Crippen molar-refractivity contribution in [3.8, 4) is 0 Å². The summed E-state index contributed by atoms with van der Waals surface area (Å²) in [4.78, 5) is 23.9. The third kappa shape index (κ3) is 5.09. The topological polar surface area (TPSA) is 86.3 Å². The lowest BCUT2D eigenvalue weighted by Gasteiger charge is -2.24. The van der Waals surface area contributed by atoms with Gasteiger partial charge in [0.15, 0.2) is 6.29 Å². The molecule has 1 aromatic carbocycles. The monoisotopic (exact) mass is 364 g/mol. The predicted octanol–water partition coefficient (Wildman–Crippen LogP) is 2.44. The highest BCUT2D eigenvalue weighted by Crippen LogP contribution is 2.23. The van der Waals surface area contributed by atoms with Gasteiger partial charge in [-0.3, -0.25) is 0 Å². The minimum atomic E-state index is -0.687. The number of cyclic esters (lactones) is 1. The zero-order valence-electron chi connectivity index (χ0n) is 14.8. The Morgan fingerprint density at radius 3 is 2.73 bits per heavy atom. The second kappa shape index (κ2) is 8.86. The van der Waals surface area contributed by atoms with Crippen molar-refractivity contribution in [2.24, 2.45) is 5.92 Å². The van der Waals surface area contributed by atoms with E-state index in [9.17, 15) is 9.59 Å². The molecule has 2 fully saturated rings. The maximum Gasteiger partial charge on any atom is 0.429 e. The SMILES string of the molecule is C[C@@H](CC1OCCO1)C[C@@H]1COC(=O)N1NC(=O)OCc1ccccc1. The zero-order chi connectivity index (χ0) is 18.4. The summed E-state index contributed by atoms with van der Waals surface area (Å²) >= 11 is 0. The van der Waals surface area contributed by atoms with Gasteiger partial charge in [-0.05, 0) is 17.9 Å². The second-order valence-corrected chi connectivity index (χ2v) is 6.52. The Morgan fingerprint density at radius 2 is 2.00 bits per heavy atom. The molecule has 2 aliphatic heterocycles. The number of carbonyl (C=O) groups is 2. The van der Waals surface area contributed by atoms with Crippen LogP contribution in [0.3, 0.4) is 0 Å². The minimum absolute atomic E-state index is 0.132. The van der Waals surface area contributed by atoms with Gasteiger partial charge in [0.2, 0.25) is 0 Å². The molecule has 0 aromatic heterocycles. The molecule has 1 N–H and O–H groups in total. The number of carbonyl (C=O) groups excluding carboxylic acids is 2. The standard InChI is InChI=1S/C18H24N2O6/c1-13(10-16-23-7-8-24-16)9-15-12-26-18(22)20(15)19-17(21)25-11-14-5-3-2-4-6-14/h2-6,13,15-16H,7-12H2,1H3,(H,19,21)/t13-,15-/m1/s1. The van der Waals surface area contributed by atoms with Crippen molar-refractivity contribution >= 4 is 12.2 Å². The number of amides is 2. The Hall–Kier alpha value is -2.32. The summed E-state index contributed by atoms with van der Waals surface area (Å²) in [5, 5.41) is 1.21. The normalized spacial score (nSPS) is 21.5. The number of hydrazine groups is 1. The van der Waals surface area contributed by atoms with E-state index < -0.39 is 12.2 Å². The summed E-state index contributed by atoms with van der Waals surface area (Å²) < 4.78 is 21.1. The van der Waals surface area contributed by atoms with Crippen molar-refractivity contribution in [3.63, 3.8) is 0 Å². The molecule has 0 spiro atoms. The van der Waals surface area contributed by atoms with Crippen molar-refractivity contribution < 1.29 is 28.5 Å². The Kier molecular flexibility index (Phi) is 6.30. The molecule has 2 heterocycles. The molecule has 8 heteroatoms. The lowest BCUT2D eigenvalue weighted by molar-refractivity contribution is -0.0574. The molecule has 3 rings (SSSR count). The van der Waals surface area contributed by atoms with E-state index in [0.29, 0.717) is 19.6 Å². The number of benzene rings is 1. The van der Waals surface area contributed by atoms with Crippen molar-refractivity contribution in [2.45, 2.75) is 38.7 Å². The van der Waals surface area contributed by atoms with E-state index in [1.165, 1.54) is 5.01 Å². The predicted molar refractivity (Wildman–Crippen MR) is 90.8 cm³/mol. The average Bonchev–Trinajstić information content (AvgIpc) is 3.26. The Labute approximate surface area is 152 Å². The molecule has 26 heavy (non-hydrogen) atoms. The molecule has 1 aromatic rings. The second-order valence-electron chi connectivity index (χ2n) is 6.52. The van der Waals surface area contributed by atoms with Crippen molar-refractivity contribution in [1.82, 2.24) is 10.4 Å². The fourth-order valence-corrected chi connectivity index (χ4v) is 3.06. The van der Waals surface area contributed by atoms with E-state index in [2.05, 4.69) is 12.3 Å². The Balaban J connectivity index is 1.46. The molecule has 0 bridgehead atoms. The van der Waals surface area contributed by atoms with E-state index in [1.54, 1.807) is 0 Å². The first-order valence-electron chi connectivity index (χ1n) is 8.78. The van der Waals surface area contributed by atoms with Gasteiger partial charge in [-0.2, -0.15) is 0 Å². The van der Waals surface area contributed by atoms with Gasteiger partial charge in [-0.25, -0.2) is 20.0 Å². The fourth-order valence-electron chi connectivity index (χ4n) is 3.06. The first-order valence-corrected chi connectivity index (χ1v) is 8.78. The molecule has 8 nitrogen and oxygen atoms in total. The highest BCUT2D eigenvalue weighted by molar-refractivity contribution is 5.75. The van der Waals surface area contributed by atoms with Gasteiger partial charge in [0, 0.05) is 6.42 Å². The average molecular weight is 364 g/mol. The van der Waals surface area contributed by atoms with Crippen LogP contribution in [0.1, 0.15) is 25.3 Å². The van der Waals surface area contributed by atoms with Crippen LogP contribution in [0.15, 0.2) is 30.3 Å². The van der Waals surface area contributed by atoms with Crippen LogP contribution in [-0.2, 0) is 25.6 Å². The molecule has 2 aliphatic rings. The van der Waals surface area contributed by atoms with Gasteiger partial charge in [0.25, 0.3) is 0 Å². The summed E-state index contributed by atoms with van der Waals surface area (Å²) in [5.41, 5.74) is 3.35. The molecular weight excluding hydrogens is 340 g/mol. The van der Waals surface area contributed by atoms with Crippen molar-refractivity contribution in [2.75, 3.05) is 19.8 Å². The molecule has 142 valence electrons. The van der Waals surface area contributed by atoms with Crippen LogP contribution in [0.5, 0.6) is 0 Å². The number of nitrogens with one attached hydrogen (secondary N) is 1. The molecule has 0 unspecified atom stereocenters. The molecule has 0 aliphatic carbocycles. The largest absolute Gasteiger partial charge is 0.446 e. The molecule has 0 saturated carbocycles. The maximum atomic E-state index is 12.0. The van der Waals surface area contributed by atoms with Crippen LogP contribution in [0.4, 0.5) is 9.59 Å². The summed E-state index contributed by atoms with van der Waals surface area (Å²) in [6.07, 6.45) is -0.0643. The van der Waals surface area contributed by atoms with Crippen LogP contribution >= 0.6 is 0 Å². The molecule has 2 saturated heterocycles. The van der Waals surface area contributed by atoms with Gasteiger partial charge in [-0.15, -0.1) is 0 Å². The number of hydrogen-bond donors (Lipinski definition) is 1. The van der Waals surface area contributed by atoms with Gasteiger partial charge in [0.1, 0.15) is 13.2 Å². The summed E-state index contributed by atoms with van der Waals surface area (Å²) in [7, 11) is 0. The van der Waals surface area contributed by atoms with Crippen LogP contribution in [0.25, 0.3) is 0 Å². The van der Waals surface area contributed by atoms with Crippen molar-refractivity contribution in [1.29, 1.82) is 0 Å². The van der Waals surface area contributed by atoms with E-state index in [-0.39, 0.29) is 31.5 Å². The number of hydrogen-bond acceptors (Lipinski definition) is 6. The lowest BCUT2D eigenvalue weighted by Crippen LogP contribution is -2.48. The fraction of sp³-hybridized carbons (Fsp3) is 0.556. The van der Waals surface area contributed by atoms with E-state index in [1.807, 2.05) is 30.3 Å². The van der Waals surface area contributed by atoms with Crippen LogP contribution in [0, 0.1) is 5.92 Å². The highest BCUT2D eigenvalue weighted by Gasteiger charge is 2.36. The maximum absolute atomic E-state index is 12.0. The van der Waals surface area contributed by atoms with Crippen LogP contribution < -0.4 is 5.43 Å². The van der Waals surface area contributed by atoms with E-state index >= 15 is 0 Å². The third-order valence-corrected chi connectivity index (χ3v) is 4.35. The number of rotatable bonds is 7. The lowest BCUT2D eigenvalue weighted by atomic mass is 9.98. The third-order valence-electron chi connectivity index (χ3n) is 4.35. The first kappa shape index (κ1) is 18.5. The highest BCUT2D eigenvalue weighted by atomic mass is 16.7. The molecule has 2 atom stereocenters. The first-order chi connectivity index (χ1) is 12.6. The minimum Gasteiger partial charge on any atom is -0.446 e. The van der Waals surface area contributed by atoms with E-state index in [0.717, 1.165) is 12.0 Å². The Morgan fingerprint density at radius 1 is 1.27 bits per heavy atom. The quantitative estimate of drug-likeness (QED) is 0.800. The number of ether oxygens (including phenoxy) is 4. The van der Waals surface area contributed by atoms with Crippen LogP contribution in [-0.4, -0.2) is 49.3 Å². The summed E-state index contributed by atoms with van der Waals surface area (Å²) in [5.74, 6) is 0.238. The van der Waals surface area contributed by atoms with Gasteiger partial charge in [0.05, 0.1) is 19.3 Å². The van der Waals surface area contributed by atoms with Gasteiger partial charge >= 0.3 is 12.2 Å². The van der Waals surface area contributed by atoms with E-state index in [4.69, 9.17) is 18.9 Å². The van der Waals surface area contributed by atoms with Gasteiger partial charge in [-0.1, -0.05) is 37.3 Å². The zero-order valence-corrected chi connectivity index (χ0v) is 14.8. The smallest absolute Gasteiger partial charge is 0.429 e. The number of nitrogens with zero attached hydrogens (tertiary/aromatic N) is 1. The molecule has 0 radical (unpaired) electrons. The summed E-state index contributed by atoms with van der Waals surface area (Å²) in [6.45, 7) is 3.65. The van der Waals surface area contributed by atoms with Crippen molar-refractivity contribution in [3.05, 3.63) is 35.9 Å². The Bertz CT molecular complexity index is 605. The van der Waals surface area contributed by atoms with Gasteiger partial charge < -0.3 is 18.9 Å². The molecule has 2 amide bonds. The molecular formula is C18H24N2O6. The summed E-state index contributed by atoms with van der Waals surface area (Å²) in [6, 6.07) is 9.08.